The van der Waals surface area contributed by atoms with Crippen LogP contribution in [-0.4, -0.2) is 35.6 Å². The Morgan fingerprint density at radius 2 is 2.31 bits per heavy atom. The van der Waals surface area contributed by atoms with Crippen molar-refractivity contribution in [2.45, 2.75) is 18.9 Å². The number of carboxylic acids is 1. The van der Waals surface area contributed by atoms with E-state index in [4.69, 9.17) is 5.11 Å². The Labute approximate surface area is 73.9 Å². The molecule has 1 heterocycles. The number of esters is 1. The van der Waals surface area contributed by atoms with E-state index in [2.05, 4.69) is 10.1 Å². The number of amides is 1. The summed E-state index contributed by atoms with van der Waals surface area (Å²) in [4.78, 5) is 31.8. The maximum absolute atomic E-state index is 10.9. The van der Waals surface area contributed by atoms with Gasteiger partial charge in [0.2, 0.25) is 0 Å². The molecule has 13 heavy (non-hydrogen) atoms. The van der Waals surface area contributed by atoms with Gasteiger partial charge in [0.05, 0.1) is 0 Å². The first-order valence-corrected chi connectivity index (χ1v) is 3.77. The monoisotopic (exact) mass is 187 g/mol. The number of carboxylic acid groups (broad SMARTS) is 1. The lowest BCUT2D eigenvalue weighted by atomic mass is 10.1. The summed E-state index contributed by atoms with van der Waals surface area (Å²) in [6, 6.07) is -0.808. The maximum Gasteiger partial charge on any atom is 0.329 e. The molecule has 1 rings (SSSR count). The number of rotatable bonds is 3. The van der Waals surface area contributed by atoms with Crippen molar-refractivity contribution in [1.82, 2.24) is 5.32 Å². The van der Waals surface area contributed by atoms with E-state index in [1.54, 1.807) is 0 Å². The van der Waals surface area contributed by atoms with Gasteiger partial charge in [-0.05, 0) is 6.42 Å². The lowest BCUT2D eigenvalue weighted by molar-refractivity contribution is -0.157. The summed E-state index contributed by atoms with van der Waals surface area (Å²) in [6.07, 6.45) is -0.0973. The smallest absolute Gasteiger partial charge is 0.329 e. The average Bonchev–Trinajstić information content (AvgIpc) is 2.06. The van der Waals surface area contributed by atoms with Crippen molar-refractivity contribution >= 4 is 17.8 Å². The molecule has 1 amide bonds. The Kier molecular flexibility index (Phi) is 2.84. The van der Waals surface area contributed by atoms with Crippen LogP contribution in [0.2, 0.25) is 0 Å². The van der Waals surface area contributed by atoms with Crippen LogP contribution in [0.4, 0.5) is 0 Å². The number of nitrogens with one attached hydrogen (secondary N) is 1. The highest BCUT2D eigenvalue weighted by Gasteiger charge is 2.27. The molecule has 0 radical (unpaired) electrons. The molecule has 1 unspecified atom stereocenters. The van der Waals surface area contributed by atoms with Crippen LogP contribution in [0.3, 0.4) is 0 Å². The number of cyclic esters (lactones) is 1. The number of carbonyl (C=O) groups is 3. The van der Waals surface area contributed by atoms with Gasteiger partial charge in [0.15, 0.2) is 6.61 Å². The summed E-state index contributed by atoms with van der Waals surface area (Å²) < 4.78 is 4.49. The lowest BCUT2D eigenvalue weighted by Crippen LogP contribution is -2.49. The number of aliphatic carboxylic acids is 1. The number of hydrogen-bond donors (Lipinski definition) is 2. The van der Waals surface area contributed by atoms with E-state index in [0.717, 1.165) is 0 Å². The van der Waals surface area contributed by atoms with Crippen molar-refractivity contribution in [3.8, 4) is 0 Å². The van der Waals surface area contributed by atoms with Gasteiger partial charge in [0.1, 0.15) is 6.04 Å². The van der Waals surface area contributed by atoms with Gasteiger partial charge in [-0.1, -0.05) is 0 Å². The predicted molar refractivity (Wildman–Crippen MR) is 39.8 cm³/mol. The molecule has 6 nitrogen and oxygen atoms in total. The van der Waals surface area contributed by atoms with Crippen LogP contribution in [0.15, 0.2) is 0 Å². The summed E-state index contributed by atoms with van der Waals surface area (Å²) in [5.74, 6) is -1.97. The summed E-state index contributed by atoms with van der Waals surface area (Å²) in [6.45, 7) is -0.275. The minimum atomic E-state index is -1.01. The van der Waals surface area contributed by atoms with Gasteiger partial charge < -0.3 is 15.2 Å². The molecule has 0 saturated carbocycles. The number of carbonyl (C=O) groups excluding carboxylic acids is 2. The van der Waals surface area contributed by atoms with Crippen LogP contribution < -0.4 is 5.32 Å². The molecular formula is C7H9NO5. The molecule has 1 aliphatic rings. The van der Waals surface area contributed by atoms with E-state index >= 15 is 0 Å². The Morgan fingerprint density at radius 1 is 1.62 bits per heavy atom. The van der Waals surface area contributed by atoms with Crippen molar-refractivity contribution < 1.29 is 24.2 Å². The molecule has 0 aromatic carbocycles. The van der Waals surface area contributed by atoms with Crippen LogP contribution in [-0.2, 0) is 19.1 Å². The van der Waals surface area contributed by atoms with Gasteiger partial charge in [-0.15, -0.1) is 0 Å². The van der Waals surface area contributed by atoms with Gasteiger partial charge in [-0.2, -0.15) is 0 Å². The molecule has 2 N–H and O–H groups in total. The number of hydrogen-bond acceptors (Lipinski definition) is 4. The maximum atomic E-state index is 10.9. The largest absolute Gasteiger partial charge is 0.481 e. The molecule has 1 fully saturated rings. The summed E-state index contributed by atoms with van der Waals surface area (Å²) in [5.41, 5.74) is 0. The van der Waals surface area contributed by atoms with Crippen LogP contribution in [0, 0.1) is 0 Å². The van der Waals surface area contributed by atoms with Crippen LogP contribution in [0.5, 0.6) is 0 Å². The SMILES string of the molecule is O=C(O)CCC1NC(=O)COC1=O. The Balaban J connectivity index is 2.42. The lowest BCUT2D eigenvalue weighted by Gasteiger charge is -2.21. The van der Waals surface area contributed by atoms with E-state index in [-0.39, 0.29) is 19.4 Å². The van der Waals surface area contributed by atoms with Gasteiger partial charge >= 0.3 is 11.9 Å². The third-order valence-electron chi connectivity index (χ3n) is 1.61. The zero-order valence-corrected chi connectivity index (χ0v) is 6.78. The zero-order chi connectivity index (χ0) is 9.84. The van der Waals surface area contributed by atoms with Crippen molar-refractivity contribution in [3.63, 3.8) is 0 Å². The van der Waals surface area contributed by atoms with Crippen molar-refractivity contribution in [2.24, 2.45) is 0 Å². The van der Waals surface area contributed by atoms with Crippen molar-refractivity contribution in [3.05, 3.63) is 0 Å². The van der Waals surface area contributed by atoms with Crippen LogP contribution in [0.25, 0.3) is 0 Å². The fraction of sp³-hybridized carbons (Fsp3) is 0.571. The van der Waals surface area contributed by atoms with E-state index < -0.39 is 23.9 Å². The predicted octanol–water partition coefficient (Wildman–Crippen LogP) is -1.11. The highest BCUT2D eigenvalue weighted by Crippen LogP contribution is 2.03. The van der Waals surface area contributed by atoms with E-state index in [1.807, 2.05) is 0 Å². The molecule has 0 spiro atoms. The topological polar surface area (TPSA) is 92.7 Å². The second-order valence-electron chi connectivity index (χ2n) is 2.66. The molecule has 1 aliphatic heterocycles. The third kappa shape index (κ3) is 2.73. The van der Waals surface area contributed by atoms with Crippen LogP contribution >= 0.6 is 0 Å². The highest BCUT2D eigenvalue weighted by atomic mass is 16.5. The Bertz CT molecular complexity index is 249. The van der Waals surface area contributed by atoms with Crippen molar-refractivity contribution in [2.75, 3.05) is 6.61 Å². The Hall–Kier alpha value is -1.59. The second-order valence-corrected chi connectivity index (χ2v) is 2.66. The summed E-state index contributed by atoms with van der Waals surface area (Å²) in [5, 5.41) is 10.7. The van der Waals surface area contributed by atoms with E-state index in [1.165, 1.54) is 0 Å². The minimum Gasteiger partial charge on any atom is -0.481 e. The normalized spacial score (nSPS) is 22.0. The molecule has 0 bridgehead atoms. The minimum absolute atomic E-state index is 0.0694. The molecule has 72 valence electrons. The fourth-order valence-corrected chi connectivity index (χ4v) is 0.990. The van der Waals surface area contributed by atoms with Crippen LogP contribution in [0.1, 0.15) is 12.8 Å². The summed E-state index contributed by atoms with van der Waals surface area (Å²) >= 11 is 0. The molecule has 0 aromatic heterocycles. The highest BCUT2D eigenvalue weighted by molar-refractivity contribution is 5.90. The second kappa shape index (κ2) is 3.88. The quantitative estimate of drug-likeness (QED) is 0.546. The average molecular weight is 187 g/mol. The molecule has 0 aliphatic carbocycles. The molecule has 1 atom stereocenters. The fourth-order valence-electron chi connectivity index (χ4n) is 0.990. The van der Waals surface area contributed by atoms with E-state index in [9.17, 15) is 14.4 Å². The standard InChI is InChI=1S/C7H9NO5/c9-5-3-13-7(12)4(8-5)1-2-6(10)11/h4H,1-3H2,(H,8,9)(H,10,11). The molecule has 1 saturated heterocycles. The van der Waals surface area contributed by atoms with Gasteiger partial charge in [0.25, 0.3) is 5.91 Å². The number of morpholine rings is 1. The molecular weight excluding hydrogens is 178 g/mol. The molecule has 0 aromatic rings. The Morgan fingerprint density at radius 3 is 2.92 bits per heavy atom. The van der Waals surface area contributed by atoms with Crippen molar-refractivity contribution in [1.29, 1.82) is 0 Å². The summed E-state index contributed by atoms with van der Waals surface area (Å²) in [7, 11) is 0. The zero-order valence-electron chi connectivity index (χ0n) is 6.78. The first-order valence-electron chi connectivity index (χ1n) is 3.77. The van der Waals surface area contributed by atoms with Gasteiger partial charge in [0, 0.05) is 6.42 Å². The number of ether oxygens (including phenoxy) is 1. The van der Waals surface area contributed by atoms with Gasteiger partial charge in [-0.3, -0.25) is 9.59 Å². The molecule has 6 heteroatoms. The van der Waals surface area contributed by atoms with Gasteiger partial charge in [-0.25, -0.2) is 4.79 Å². The third-order valence-corrected chi connectivity index (χ3v) is 1.61. The first-order chi connectivity index (χ1) is 6.09. The first kappa shape index (κ1) is 9.50. The van der Waals surface area contributed by atoms with E-state index in [0.29, 0.717) is 0 Å².